The molecule has 0 fully saturated rings. The van der Waals surface area contributed by atoms with E-state index in [1.54, 1.807) is 24.3 Å². The molecule has 0 aromatic carbocycles. The molecule has 0 aliphatic rings. The Morgan fingerprint density at radius 1 is 0.603 bits per heavy atom. The van der Waals surface area contributed by atoms with Gasteiger partial charge in [0, 0.05) is 12.8 Å². The number of aliphatic hydroxyl groups is 3. The molecule has 0 aliphatic carbocycles. The van der Waals surface area contributed by atoms with E-state index in [1.165, 1.54) is 32.1 Å². The zero-order chi connectivity index (χ0) is 43.5. The van der Waals surface area contributed by atoms with Crippen molar-refractivity contribution in [3.8, 4) is 0 Å². The molecule has 6 N–H and O–H groups in total. The van der Waals surface area contributed by atoms with Crippen LogP contribution < -0.4 is 0 Å². The summed E-state index contributed by atoms with van der Waals surface area (Å²) in [6.07, 6.45) is 26.2. The lowest BCUT2D eigenvalue weighted by molar-refractivity contribution is -0.161. The predicted octanol–water partition coefficient (Wildman–Crippen LogP) is 8.08. The van der Waals surface area contributed by atoms with E-state index in [4.69, 9.17) is 23.8 Å². The molecular weight excluding hydrogens is 794 g/mol. The van der Waals surface area contributed by atoms with Crippen LogP contribution in [0.15, 0.2) is 48.6 Å². The second-order valence-electron chi connectivity index (χ2n) is 14.6. The van der Waals surface area contributed by atoms with Crippen LogP contribution in [-0.2, 0) is 41.8 Å². The number of carbonyl (C=O) groups is 2. The zero-order valence-corrected chi connectivity index (χ0v) is 36.8. The molecule has 338 valence electrons. The molecule has 0 aromatic heterocycles. The lowest BCUT2D eigenvalue weighted by Crippen LogP contribution is -2.30. The van der Waals surface area contributed by atoms with Crippen molar-refractivity contribution in [1.29, 1.82) is 0 Å². The molecule has 0 aromatic rings. The third kappa shape index (κ3) is 38.2. The van der Waals surface area contributed by atoms with Gasteiger partial charge >= 0.3 is 27.6 Å². The van der Waals surface area contributed by atoms with E-state index in [2.05, 4.69) is 29.8 Å². The van der Waals surface area contributed by atoms with Crippen LogP contribution in [0.1, 0.15) is 143 Å². The Kier molecular flexibility index (Phi) is 34.5. The van der Waals surface area contributed by atoms with Crippen molar-refractivity contribution in [3.63, 3.8) is 0 Å². The molecule has 0 saturated heterocycles. The van der Waals surface area contributed by atoms with Crippen LogP contribution in [0, 0.1) is 5.92 Å². The smallest absolute Gasteiger partial charge is 0.462 e. The monoisotopic (exact) mass is 868 g/mol. The van der Waals surface area contributed by atoms with E-state index in [0.717, 1.165) is 57.3 Å². The predicted molar refractivity (Wildman–Crippen MR) is 223 cm³/mol. The largest absolute Gasteiger partial charge is 0.472 e. The maximum Gasteiger partial charge on any atom is 0.472 e. The average Bonchev–Trinajstić information content (AvgIpc) is 3.17. The standard InChI is InChI=1S/C41H74O15P2/c1-4-6-18-25-36(42)26-20-15-11-9-12-16-21-27-37(43)28-23-30-40(45)52-33-39(34-55-58(50,51)54-32-38(44)31-53-57(47,48)49)56-41(46)29-22-17-13-8-7-10-14-19-24-35(3)5-2/h11-12,15-16,20-21,26-27,35-39,42-44H,4-10,13-14,17-19,22-25,28-34H2,1-3H3,(H,50,51)(H2,47,48,49)/b15-11-,16-12-,26-20+,27-21+/t35?,36-,37-,38-,39+/m0/s1. The van der Waals surface area contributed by atoms with Crippen molar-refractivity contribution in [3.05, 3.63) is 48.6 Å². The molecule has 0 spiro atoms. The number of aliphatic hydroxyl groups excluding tert-OH is 3. The highest BCUT2D eigenvalue weighted by molar-refractivity contribution is 7.47. The van der Waals surface area contributed by atoms with Gasteiger partial charge < -0.3 is 39.5 Å². The summed E-state index contributed by atoms with van der Waals surface area (Å²) in [6.45, 7) is 3.67. The van der Waals surface area contributed by atoms with Gasteiger partial charge in [-0.25, -0.2) is 9.13 Å². The minimum absolute atomic E-state index is 0.0537. The first kappa shape index (κ1) is 56.0. The summed E-state index contributed by atoms with van der Waals surface area (Å²) < 4.78 is 47.5. The molecule has 0 aliphatic heterocycles. The van der Waals surface area contributed by atoms with Crippen LogP contribution in [0.2, 0.25) is 0 Å². The Bertz CT molecular complexity index is 1270. The number of hydrogen-bond donors (Lipinski definition) is 6. The third-order valence-electron chi connectivity index (χ3n) is 8.96. The number of ether oxygens (including phenoxy) is 2. The van der Waals surface area contributed by atoms with Gasteiger partial charge in [0.1, 0.15) is 12.7 Å². The molecule has 0 rings (SSSR count). The molecular formula is C41H74O15P2. The number of allylic oxidation sites excluding steroid dienone is 6. The third-order valence-corrected chi connectivity index (χ3v) is 10.4. The Labute approximate surface area is 346 Å². The van der Waals surface area contributed by atoms with Gasteiger partial charge in [-0.1, -0.05) is 146 Å². The normalized spacial score (nSPS) is 16.2. The number of carbonyl (C=O) groups excluding carboxylic acids is 2. The summed E-state index contributed by atoms with van der Waals surface area (Å²) in [5.41, 5.74) is 0. The van der Waals surface area contributed by atoms with Crippen LogP contribution in [0.3, 0.4) is 0 Å². The number of rotatable bonds is 38. The van der Waals surface area contributed by atoms with Crippen LogP contribution >= 0.6 is 15.6 Å². The van der Waals surface area contributed by atoms with Gasteiger partial charge in [-0.15, -0.1) is 0 Å². The number of phosphoric acid groups is 2. The Morgan fingerprint density at radius 2 is 1.12 bits per heavy atom. The number of unbranched alkanes of at least 4 members (excludes halogenated alkanes) is 9. The Hall–Kier alpha value is -2.00. The fraction of sp³-hybridized carbons (Fsp3) is 0.756. The minimum atomic E-state index is -4.89. The highest BCUT2D eigenvalue weighted by Gasteiger charge is 2.28. The molecule has 0 bridgehead atoms. The van der Waals surface area contributed by atoms with Crippen molar-refractivity contribution in [1.82, 2.24) is 0 Å². The van der Waals surface area contributed by atoms with Crippen molar-refractivity contribution < 1.29 is 71.8 Å². The van der Waals surface area contributed by atoms with Gasteiger partial charge in [-0.3, -0.25) is 23.2 Å². The first-order valence-electron chi connectivity index (χ1n) is 20.9. The van der Waals surface area contributed by atoms with E-state index in [0.29, 0.717) is 19.3 Å². The van der Waals surface area contributed by atoms with Crippen LogP contribution in [0.25, 0.3) is 0 Å². The van der Waals surface area contributed by atoms with Gasteiger partial charge in [0.25, 0.3) is 0 Å². The lowest BCUT2D eigenvalue weighted by Gasteiger charge is -2.20. The van der Waals surface area contributed by atoms with Crippen LogP contribution in [0.4, 0.5) is 0 Å². The summed E-state index contributed by atoms with van der Waals surface area (Å²) in [6, 6.07) is 0. The van der Waals surface area contributed by atoms with E-state index in [9.17, 15) is 38.9 Å². The second-order valence-corrected chi connectivity index (χ2v) is 17.3. The van der Waals surface area contributed by atoms with Crippen molar-refractivity contribution in [2.24, 2.45) is 5.92 Å². The van der Waals surface area contributed by atoms with Gasteiger partial charge in [0.15, 0.2) is 6.10 Å². The summed E-state index contributed by atoms with van der Waals surface area (Å²) in [5, 5.41) is 29.9. The molecule has 0 amide bonds. The highest BCUT2D eigenvalue weighted by Crippen LogP contribution is 2.43. The highest BCUT2D eigenvalue weighted by atomic mass is 31.2. The van der Waals surface area contributed by atoms with Gasteiger partial charge in [0.2, 0.25) is 0 Å². The summed E-state index contributed by atoms with van der Waals surface area (Å²) in [7, 11) is -9.74. The fourth-order valence-corrected chi connectivity index (χ4v) is 6.46. The quantitative estimate of drug-likeness (QED) is 0.0149. The zero-order valence-electron chi connectivity index (χ0n) is 35.0. The van der Waals surface area contributed by atoms with Crippen molar-refractivity contribution in [2.75, 3.05) is 26.4 Å². The summed E-state index contributed by atoms with van der Waals surface area (Å²) >= 11 is 0. The minimum Gasteiger partial charge on any atom is -0.462 e. The molecule has 17 heteroatoms. The van der Waals surface area contributed by atoms with Crippen LogP contribution in [0.5, 0.6) is 0 Å². The maximum atomic E-state index is 12.6. The molecule has 58 heavy (non-hydrogen) atoms. The van der Waals surface area contributed by atoms with Crippen molar-refractivity contribution in [2.45, 2.75) is 167 Å². The molecule has 15 nitrogen and oxygen atoms in total. The number of hydrogen-bond acceptors (Lipinski definition) is 12. The first-order chi connectivity index (χ1) is 27.6. The first-order valence-corrected chi connectivity index (χ1v) is 24.0. The van der Waals surface area contributed by atoms with Crippen LogP contribution in [-0.4, -0.2) is 92.8 Å². The van der Waals surface area contributed by atoms with Crippen molar-refractivity contribution >= 4 is 27.6 Å². The number of esters is 2. The Balaban J connectivity index is 4.78. The van der Waals surface area contributed by atoms with Gasteiger partial charge in [-0.2, -0.15) is 0 Å². The Morgan fingerprint density at radius 3 is 1.71 bits per heavy atom. The molecule has 0 saturated carbocycles. The second kappa shape index (κ2) is 35.7. The molecule has 6 atom stereocenters. The molecule has 2 unspecified atom stereocenters. The van der Waals surface area contributed by atoms with Gasteiger partial charge in [0.05, 0.1) is 32.0 Å². The lowest BCUT2D eigenvalue weighted by atomic mass is 9.99. The topological polar surface area (TPSA) is 236 Å². The summed E-state index contributed by atoms with van der Waals surface area (Å²) in [5.74, 6) is -0.493. The molecule has 0 heterocycles. The maximum absolute atomic E-state index is 12.6. The van der Waals surface area contributed by atoms with E-state index >= 15 is 0 Å². The SMILES string of the molecule is CCCCC[C@H](O)/C=C/C=C\C/C=C\C=C\[C@H](O)CCCC(=O)OC[C@H](COP(=O)(O)OC[C@@H](O)COP(=O)(O)O)OC(=O)CCCCCCCCCCC(C)CC. The van der Waals surface area contributed by atoms with E-state index in [-0.39, 0.29) is 19.3 Å². The van der Waals surface area contributed by atoms with Gasteiger partial charge in [-0.05, 0) is 38.0 Å². The average molecular weight is 869 g/mol. The number of phosphoric ester groups is 2. The molecule has 0 radical (unpaired) electrons. The van der Waals surface area contributed by atoms with E-state index in [1.807, 2.05) is 24.3 Å². The summed E-state index contributed by atoms with van der Waals surface area (Å²) in [4.78, 5) is 52.6. The van der Waals surface area contributed by atoms with E-state index < -0.39 is 78.4 Å². The fourth-order valence-electron chi connectivity index (χ4n) is 5.30.